The highest BCUT2D eigenvalue weighted by molar-refractivity contribution is 6.05. The van der Waals surface area contributed by atoms with Gasteiger partial charge in [0.2, 0.25) is 0 Å². The Morgan fingerprint density at radius 2 is 0.688 bits per heavy atom. The van der Waals surface area contributed by atoms with Crippen LogP contribution in [0.3, 0.4) is 0 Å². The second-order valence-corrected chi connectivity index (χ2v) is 13.6. The summed E-state index contributed by atoms with van der Waals surface area (Å²) in [7, 11) is 0. The zero-order chi connectivity index (χ0) is 34.8. The molecule has 48 heavy (non-hydrogen) atoms. The molecule has 0 atom stereocenters. The molecule has 9 heteroatoms. The minimum absolute atomic E-state index is 0.0409. The molecule has 3 N–H and O–H groups in total. The Morgan fingerprint density at radius 1 is 0.458 bits per heavy atom. The van der Waals surface area contributed by atoms with Crippen LogP contribution in [-0.2, 0) is 14.2 Å². The molecule has 0 radical (unpaired) electrons. The van der Waals surface area contributed by atoms with E-state index in [1.54, 1.807) is 36.4 Å². The van der Waals surface area contributed by atoms with Gasteiger partial charge in [0, 0.05) is 34.9 Å². The van der Waals surface area contributed by atoms with Gasteiger partial charge in [-0.3, -0.25) is 14.4 Å². The van der Waals surface area contributed by atoms with Crippen molar-refractivity contribution < 1.29 is 28.6 Å². The van der Waals surface area contributed by atoms with Crippen LogP contribution in [0.5, 0.6) is 0 Å². The Morgan fingerprint density at radius 3 is 0.875 bits per heavy atom. The van der Waals surface area contributed by atoms with Crippen molar-refractivity contribution in [3.63, 3.8) is 0 Å². The predicted octanol–water partition coefficient (Wildman–Crippen LogP) is 6.33. The first-order chi connectivity index (χ1) is 22.7. The van der Waals surface area contributed by atoms with Crippen molar-refractivity contribution in [2.45, 2.75) is 58.2 Å². The fourth-order valence-electron chi connectivity index (χ4n) is 4.64. The first-order valence-electron chi connectivity index (χ1n) is 15.9. The first kappa shape index (κ1) is 35.5. The molecule has 0 amide bonds. The number of nitrogens with one attached hydrogen (secondary N) is 3. The van der Waals surface area contributed by atoms with Crippen LogP contribution < -0.4 is 16.0 Å². The van der Waals surface area contributed by atoms with E-state index in [0.29, 0.717) is 54.2 Å². The van der Waals surface area contributed by atoms with Gasteiger partial charge in [-0.25, -0.2) is 0 Å². The number of ether oxygens (including phenoxy) is 3. The van der Waals surface area contributed by atoms with Crippen LogP contribution in [-0.4, -0.2) is 53.8 Å². The average Bonchev–Trinajstić information content (AvgIpc) is 3.72. The molecular weight excluding hydrogens is 606 g/mol. The molecule has 0 aromatic heterocycles. The van der Waals surface area contributed by atoms with E-state index in [4.69, 9.17) is 14.2 Å². The van der Waals surface area contributed by atoms with E-state index in [-0.39, 0.29) is 34.0 Å². The standard InChI is InChI=1S/3C13H15NO2/c3*1-13(2)9-16-12(14-13)8-11(15)10-6-4-3-5-7-10/h3*3-8,14H,9H2,1-2H3/b3*12-8+. The molecule has 0 saturated carbocycles. The summed E-state index contributed by atoms with van der Waals surface area (Å²) in [6.45, 7) is 13.9. The van der Waals surface area contributed by atoms with Crippen molar-refractivity contribution in [2.24, 2.45) is 0 Å². The van der Waals surface area contributed by atoms with E-state index >= 15 is 0 Å². The summed E-state index contributed by atoms with van der Waals surface area (Å²) >= 11 is 0. The van der Waals surface area contributed by atoms with E-state index in [0.717, 1.165) is 0 Å². The van der Waals surface area contributed by atoms with Crippen molar-refractivity contribution in [3.05, 3.63) is 144 Å². The van der Waals surface area contributed by atoms with Crippen molar-refractivity contribution in [1.29, 1.82) is 0 Å². The molecule has 0 unspecified atom stereocenters. The van der Waals surface area contributed by atoms with Gasteiger partial charge >= 0.3 is 0 Å². The van der Waals surface area contributed by atoms with Crippen LogP contribution in [0.25, 0.3) is 0 Å². The molecule has 3 aliphatic heterocycles. The van der Waals surface area contributed by atoms with E-state index in [9.17, 15) is 14.4 Å². The maximum absolute atomic E-state index is 11.8. The van der Waals surface area contributed by atoms with Gasteiger partial charge in [0.25, 0.3) is 0 Å². The zero-order valence-corrected chi connectivity index (χ0v) is 28.5. The largest absolute Gasteiger partial charge is 0.477 e. The van der Waals surface area contributed by atoms with Gasteiger partial charge in [0.1, 0.15) is 19.8 Å². The Kier molecular flexibility index (Phi) is 11.5. The lowest BCUT2D eigenvalue weighted by molar-refractivity contribution is 0.103. The third kappa shape index (κ3) is 11.2. The monoisotopic (exact) mass is 651 g/mol. The number of allylic oxidation sites excluding steroid dienone is 3. The maximum Gasteiger partial charge on any atom is 0.191 e. The molecule has 0 bridgehead atoms. The highest BCUT2D eigenvalue weighted by Crippen LogP contribution is 2.19. The molecule has 3 aromatic carbocycles. The SMILES string of the molecule is CC1(C)CO/C(=C/C(=O)c2ccccc2)N1.CC1(C)CO/C(=C/C(=O)c2ccccc2)N1.CC1(C)CO/C(=C/C(=O)c2ccccc2)N1. The summed E-state index contributed by atoms with van der Waals surface area (Å²) in [6, 6.07) is 27.5. The minimum atomic E-state index is -0.0944. The number of benzene rings is 3. The summed E-state index contributed by atoms with van der Waals surface area (Å²) in [4.78, 5) is 35.4. The Labute approximate surface area is 283 Å². The van der Waals surface area contributed by atoms with E-state index in [1.807, 2.05) is 96.1 Å². The summed E-state index contributed by atoms with van der Waals surface area (Å²) < 4.78 is 16.2. The second kappa shape index (κ2) is 15.5. The number of hydrogen-bond donors (Lipinski definition) is 3. The lowest BCUT2D eigenvalue weighted by Crippen LogP contribution is -2.34. The molecule has 3 saturated heterocycles. The van der Waals surface area contributed by atoms with Crippen LogP contribution in [0.4, 0.5) is 0 Å². The van der Waals surface area contributed by atoms with Gasteiger partial charge in [0.15, 0.2) is 35.0 Å². The van der Waals surface area contributed by atoms with Crippen LogP contribution in [0.15, 0.2) is 127 Å². The lowest BCUT2D eigenvalue weighted by Gasteiger charge is -2.13. The van der Waals surface area contributed by atoms with E-state index in [1.165, 1.54) is 18.2 Å². The van der Waals surface area contributed by atoms with E-state index < -0.39 is 0 Å². The third-order valence-electron chi connectivity index (χ3n) is 7.11. The fourth-order valence-corrected chi connectivity index (χ4v) is 4.64. The Bertz CT molecular complexity index is 1460. The van der Waals surface area contributed by atoms with Gasteiger partial charge in [-0.1, -0.05) is 91.0 Å². The first-order valence-corrected chi connectivity index (χ1v) is 15.9. The number of ketones is 3. The van der Waals surface area contributed by atoms with Crippen LogP contribution in [0.2, 0.25) is 0 Å². The fraction of sp³-hybridized carbons (Fsp3) is 0.308. The van der Waals surface area contributed by atoms with Gasteiger partial charge in [0.05, 0.1) is 16.6 Å². The second-order valence-electron chi connectivity index (χ2n) is 13.6. The quantitative estimate of drug-likeness (QED) is 0.208. The highest BCUT2D eigenvalue weighted by atomic mass is 16.5. The normalized spacial score (nSPS) is 20.2. The molecule has 3 fully saturated rings. The van der Waals surface area contributed by atoms with Gasteiger partial charge in [-0.05, 0) is 41.5 Å². The lowest BCUT2D eigenvalue weighted by atomic mass is 10.1. The zero-order valence-electron chi connectivity index (χ0n) is 28.5. The summed E-state index contributed by atoms with van der Waals surface area (Å²) in [5.41, 5.74) is 1.73. The van der Waals surface area contributed by atoms with Crippen LogP contribution in [0, 0.1) is 0 Å². The molecule has 0 aliphatic carbocycles. The molecule has 3 heterocycles. The van der Waals surface area contributed by atoms with Crippen molar-refractivity contribution >= 4 is 17.3 Å². The molecule has 3 aromatic rings. The van der Waals surface area contributed by atoms with E-state index in [2.05, 4.69) is 16.0 Å². The molecule has 0 spiro atoms. The molecule has 9 nitrogen and oxygen atoms in total. The molecule has 3 aliphatic rings. The molecule has 6 rings (SSSR count). The van der Waals surface area contributed by atoms with Crippen molar-refractivity contribution in [2.75, 3.05) is 19.8 Å². The van der Waals surface area contributed by atoms with Gasteiger partial charge in [-0.15, -0.1) is 0 Å². The average molecular weight is 652 g/mol. The Balaban J connectivity index is 0.000000163. The van der Waals surface area contributed by atoms with Crippen molar-refractivity contribution in [3.8, 4) is 0 Å². The molecule has 252 valence electrons. The van der Waals surface area contributed by atoms with Gasteiger partial charge in [-0.2, -0.15) is 0 Å². The summed E-state index contributed by atoms with van der Waals surface area (Å²) in [6.07, 6.45) is 4.51. The summed E-state index contributed by atoms with van der Waals surface area (Å²) in [5, 5.41) is 9.45. The highest BCUT2D eigenvalue weighted by Gasteiger charge is 2.29. The maximum atomic E-state index is 11.8. The summed E-state index contributed by atoms with van der Waals surface area (Å²) in [5.74, 6) is 1.54. The predicted molar refractivity (Wildman–Crippen MR) is 186 cm³/mol. The smallest absolute Gasteiger partial charge is 0.191 e. The third-order valence-corrected chi connectivity index (χ3v) is 7.11. The van der Waals surface area contributed by atoms with Gasteiger partial charge < -0.3 is 30.2 Å². The van der Waals surface area contributed by atoms with Crippen LogP contribution in [0.1, 0.15) is 72.6 Å². The number of carbonyl (C=O) groups is 3. The van der Waals surface area contributed by atoms with Crippen molar-refractivity contribution in [1.82, 2.24) is 16.0 Å². The molecular formula is C39H45N3O6. The number of carbonyl (C=O) groups excluding carboxylic acids is 3. The van der Waals surface area contributed by atoms with Crippen LogP contribution >= 0.6 is 0 Å². The Hall–Kier alpha value is -5.31. The minimum Gasteiger partial charge on any atom is -0.477 e. The number of hydrogen-bond acceptors (Lipinski definition) is 9. The number of rotatable bonds is 6. The topological polar surface area (TPSA) is 115 Å².